The number of nitrogens with zero attached hydrogens (tertiary/aromatic N) is 2. The third-order valence-corrected chi connectivity index (χ3v) is 4.99. The lowest BCUT2D eigenvalue weighted by Gasteiger charge is -2.32. The van der Waals surface area contributed by atoms with Crippen LogP contribution in [0.1, 0.15) is 38.2 Å². The number of aliphatic imine (C=N–C) groups is 1. The summed E-state index contributed by atoms with van der Waals surface area (Å²) in [4.78, 5) is 18.0. The second kappa shape index (κ2) is 11.5. The van der Waals surface area contributed by atoms with Gasteiger partial charge < -0.3 is 20.7 Å². The van der Waals surface area contributed by atoms with Crippen molar-refractivity contribution < 1.29 is 9.53 Å². The summed E-state index contributed by atoms with van der Waals surface area (Å²) < 4.78 is 5.96. The molecule has 0 spiro atoms. The predicted octanol–water partition coefficient (Wildman–Crippen LogP) is 1.56. The molecule has 0 radical (unpaired) electrons. The highest BCUT2D eigenvalue weighted by molar-refractivity contribution is 5.80. The molecular weight excluding hydrogens is 354 g/mol. The summed E-state index contributed by atoms with van der Waals surface area (Å²) in [6.45, 7) is 7.91. The van der Waals surface area contributed by atoms with Crippen LogP contribution in [0, 0.1) is 0 Å². The van der Waals surface area contributed by atoms with Crippen LogP contribution in [0.5, 0.6) is 5.75 Å². The Labute approximate surface area is 168 Å². The monoisotopic (exact) mass is 389 g/mol. The van der Waals surface area contributed by atoms with Crippen LogP contribution >= 0.6 is 0 Å². The standard InChI is InChI=1S/C21H35N5O2/c1-16(2)18-7-5-6-8-19(18)28-14-11-24-21(23-4)25-17-9-12-26(13-10-17)15-20(27)22-3/h5-8,16-17H,9-15H2,1-4H3,(H,22,27)(H2,23,24,25). The van der Waals surface area contributed by atoms with Crippen molar-refractivity contribution in [1.29, 1.82) is 0 Å². The fourth-order valence-corrected chi connectivity index (χ4v) is 3.32. The van der Waals surface area contributed by atoms with Crippen LogP contribution < -0.4 is 20.7 Å². The zero-order valence-corrected chi connectivity index (χ0v) is 17.6. The summed E-state index contributed by atoms with van der Waals surface area (Å²) in [6.07, 6.45) is 1.99. The fraction of sp³-hybridized carbons (Fsp3) is 0.619. The molecule has 0 atom stereocenters. The van der Waals surface area contributed by atoms with Crippen molar-refractivity contribution in [1.82, 2.24) is 20.9 Å². The molecule has 1 aliphatic heterocycles. The second-order valence-electron chi connectivity index (χ2n) is 7.41. The first-order valence-corrected chi connectivity index (χ1v) is 10.1. The molecule has 2 rings (SSSR count). The van der Waals surface area contributed by atoms with Gasteiger partial charge in [0, 0.05) is 33.2 Å². The summed E-state index contributed by atoms with van der Waals surface area (Å²) in [5, 5.41) is 9.48. The number of hydrogen-bond donors (Lipinski definition) is 3. The molecule has 1 aromatic rings. The van der Waals surface area contributed by atoms with Gasteiger partial charge in [-0.1, -0.05) is 32.0 Å². The topological polar surface area (TPSA) is 78.0 Å². The molecule has 1 fully saturated rings. The highest BCUT2D eigenvalue weighted by atomic mass is 16.5. The lowest BCUT2D eigenvalue weighted by molar-refractivity contribution is -0.122. The minimum atomic E-state index is 0.0722. The first kappa shape index (κ1) is 22.0. The third kappa shape index (κ3) is 7.03. The maximum absolute atomic E-state index is 11.5. The molecule has 0 aromatic heterocycles. The van der Waals surface area contributed by atoms with Crippen molar-refractivity contribution in [2.45, 2.75) is 38.6 Å². The summed E-state index contributed by atoms with van der Waals surface area (Å²) >= 11 is 0. The summed E-state index contributed by atoms with van der Waals surface area (Å²) in [7, 11) is 3.46. The van der Waals surface area contributed by atoms with Crippen molar-refractivity contribution in [3.8, 4) is 5.75 Å². The quantitative estimate of drug-likeness (QED) is 0.357. The van der Waals surface area contributed by atoms with Crippen LogP contribution in [0.25, 0.3) is 0 Å². The lowest BCUT2D eigenvalue weighted by atomic mass is 10.0. The Hall–Kier alpha value is -2.28. The zero-order valence-electron chi connectivity index (χ0n) is 17.6. The average Bonchev–Trinajstić information content (AvgIpc) is 2.71. The van der Waals surface area contributed by atoms with Gasteiger partial charge in [-0.05, 0) is 30.4 Å². The molecule has 7 heteroatoms. The number of likely N-dealkylation sites (N-methyl/N-ethyl adjacent to an activating group) is 1. The molecule has 0 unspecified atom stereocenters. The number of rotatable bonds is 8. The molecule has 0 bridgehead atoms. The van der Waals surface area contributed by atoms with Gasteiger partial charge in [0.15, 0.2) is 5.96 Å². The molecule has 0 aliphatic carbocycles. The number of amides is 1. The Balaban J connectivity index is 1.69. The van der Waals surface area contributed by atoms with E-state index < -0.39 is 0 Å². The number of ether oxygens (including phenoxy) is 1. The molecule has 3 N–H and O–H groups in total. The highest BCUT2D eigenvalue weighted by Gasteiger charge is 2.21. The number of likely N-dealkylation sites (tertiary alicyclic amines) is 1. The van der Waals surface area contributed by atoms with E-state index in [0.29, 0.717) is 31.7 Å². The molecule has 1 amide bonds. The van der Waals surface area contributed by atoms with E-state index in [1.54, 1.807) is 14.1 Å². The maximum Gasteiger partial charge on any atom is 0.233 e. The number of carbonyl (C=O) groups excluding carboxylic acids is 1. The van der Waals surface area contributed by atoms with Gasteiger partial charge in [-0.2, -0.15) is 0 Å². The molecule has 1 saturated heterocycles. The van der Waals surface area contributed by atoms with Gasteiger partial charge in [0.1, 0.15) is 12.4 Å². The third-order valence-electron chi connectivity index (χ3n) is 4.99. The van der Waals surface area contributed by atoms with Crippen molar-refractivity contribution >= 4 is 11.9 Å². The van der Waals surface area contributed by atoms with E-state index in [4.69, 9.17) is 4.74 Å². The van der Waals surface area contributed by atoms with Gasteiger partial charge in [-0.25, -0.2) is 0 Å². The van der Waals surface area contributed by atoms with Crippen molar-refractivity contribution in [3.63, 3.8) is 0 Å². The number of piperidine rings is 1. The fourth-order valence-electron chi connectivity index (χ4n) is 3.32. The Bertz CT molecular complexity index is 639. The van der Waals surface area contributed by atoms with E-state index in [2.05, 4.69) is 45.8 Å². The number of nitrogens with one attached hydrogen (secondary N) is 3. The molecule has 1 aliphatic rings. The van der Waals surface area contributed by atoms with Crippen LogP contribution in [0.4, 0.5) is 0 Å². The van der Waals surface area contributed by atoms with Gasteiger partial charge in [0.25, 0.3) is 0 Å². The minimum Gasteiger partial charge on any atom is -0.491 e. The molecular formula is C21H35N5O2. The van der Waals surface area contributed by atoms with E-state index in [9.17, 15) is 4.79 Å². The number of hydrogen-bond acceptors (Lipinski definition) is 4. The Kier molecular flexibility index (Phi) is 9.07. The van der Waals surface area contributed by atoms with E-state index in [1.165, 1.54) is 5.56 Å². The van der Waals surface area contributed by atoms with Gasteiger partial charge in [-0.15, -0.1) is 0 Å². The van der Waals surface area contributed by atoms with Crippen molar-refractivity contribution in [2.75, 3.05) is 46.9 Å². The molecule has 1 aromatic carbocycles. The molecule has 28 heavy (non-hydrogen) atoms. The normalized spacial score (nSPS) is 16.1. The second-order valence-corrected chi connectivity index (χ2v) is 7.41. The number of carbonyl (C=O) groups is 1. The minimum absolute atomic E-state index is 0.0722. The van der Waals surface area contributed by atoms with E-state index in [0.717, 1.165) is 37.6 Å². The molecule has 156 valence electrons. The first-order valence-electron chi connectivity index (χ1n) is 10.1. The SMILES string of the molecule is CN=C(NCCOc1ccccc1C(C)C)NC1CCN(CC(=O)NC)CC1. The highest BCUT2D eigenvalue weighted by Crippen LogP contribution is 2.25. The number of para-hydroxylation sites is 1. The Morgan fingerprint density at radius 1 is 1.29 bits per heavy atom. The average molecular weight is 390 g/mol. The molecule has 0 saturated carbocycles. The van der Waals surface area contributed by atoms with Gasteiger partial charge in [-0.3, -0.25) is 14.7 Å². The Morgan fingerprint density at radius 3 is 2.64 bits per heavy atom. The lowest BCUT2D eigenvalue weighted by Crippen LogP contribution is -2.50. The molecule has 7 nitrogen and oxygen atoms in total. The Morgan fingerprint density at radius 2 is 2.00 bits per heavy atom. The van der Waals surface area contributed by atoms with Crippen molar-refractivity contribution in [3.05, 3.63) is 29.8 Å². The predicted molar refractivity (Wildman–Crippen MR) is 114 cm³/mol. The first-order chi connectivity index (χ1) is 13.5. The number of benzene rings is 1. The van der Waals surface area contributed by atoms with E-state index in [1.807, 2.05) is 18.2 Å². The zero-order chi connectivity index (χ0) is 20.4. The van der Waals surface area contributed by atoms with Crippen LogP contribution in [0.2, 0.25) is 0 Å². The van der Waals surface area contributed by atoms with Gasteiger partial charge in [0.2, 0.25) is 5.91 Å². The van der Waals surface area contributed by atoms with Crippen LogP contribution in [0.3, 0.4) is 0 Å². The summed E-state index contributed by atoms with van der Waals surface area (Å²) in [5.41, 5.74) is 1.23. The summed E-state index contributed by atoms with van der Waals surface area (Å²) in [5.74, 6) is 2.26. The number of guanidine groups is 1. The van der Waals surface area contributed by atoms with E-state index >= 15 is 0 Å². The van der Waals surface area contributed by atoms with Crippen LogP contribution in [-0.2, 0) is 4.79 Å². The summed E-state index contributed by atoms with van der Waals surface area (Å²) in [6, 6.07) is 8.56. The van der Waals surface area contributed by atoms with Crippen LogP contribution in [-0.4, -0.2) is 69.7 Å². The maximum atomic E-state index is 11.5. The van der Waals surface area contributed by atoms with Crippen molar-refractivity contribution in [2.24, 2.45) is 4.99 Å². The van der Waals surface area contributed by atoms with Crippen LogP contribution in [0.15, 0.2) is 29.3 Å². The van der Waals surface area contributed by atoms with Gasteiger partial charge in [0.05, 0.1) is 13.1 Å². The van der Waals surface area contributed by atoms with Gasteiger partial charge >= 0.3 is 0 Å². The largest absolute Gasteiger partial charge is 0.491 e. The molecule has 1 heterocycles. The smallest absolute Gasteiger partial charge is 0.233 e. The van der Waals surface area contributed by atoms with E-state index in [-0.39, 0.29) is 5.91 Å².